The Bertz CT molecular complexity index is 1480. The van der Waals surface area contributed by atoms with E-state index in [1.165, 1.54) is 44.9 Å². The van der Waals surface area contributed by atoms with E-state index in [0.29, 0.717) is 19.3 Å². The van der Waals surface area contributed by atoms with Crippen LogP contribution in [0.5, 0.6) is 0 Å². The van der Waals surface area contributed by atoms with Crippen molar-refractivity contribution in [2.45, 2.75) is 187 Å². The SMILES string of the molecule is CC\C=C/C=C\C=C/C=C\C=C/CCCC(=O)OCC(COC(=O)CCC/C=C\C/C=C\C/C=C\CCCCCCCC)OC(=O)CCCCC/C=C\C/C=C\C/C=C\C/C=C\CC. The van der Waals surface area contributed by atoms with Crippen LogP contribution in [0.4, 0.5) is 0 Å². The van der Waals surface area contributed by atoms with E-state index in [9.17, 15) is 14.4 Å². The summed E-state index contributed by atoms with van der Waals surface area (Å²) in [6.45, 7) is 6.20. The first-order valence-electron chi connectivity index (χ1n) is 24.9. The maximum Gasteiger partial charge on any atom is 0.306 e. The monoisotopic (exact) mass is 881 g/mol. The number of rotatable bonds is 42. The molecule has 0 saturated carbocycles. The molecule has 64 heavy (non-hydrogen) atoms. The molecule has 0 aliphatic heterocycles. The molecule has 1 atom stereocenters. The van der Waals surface area contributed by atoms with E-state index in [1.54, 1.807) is 0 Å². The van der Waals surface area contributed by atoms with E-state index >= 15 is 0 Å². The molecule has 0 bridgehead atoms. The first-order chi connectivity index (χ1) is 31.5. The number of unbranched alkanes of at least 4 members (excludes halogenated alkanes) is 11. The Labute approximate surface area is 391 Å². The van der Waals surface area contributed by atoms with E-state index in [-0.39, 0.29) is 50.4 Å². The van der Waals surface area contributed by atoms with Crippen molar-refractivity contribution in [3.8, 4) is 0 Å². The van der Waals surface area contributed by atoms with Gasteiger partial charge in [-0.3, -0.25) is 14.4 Å². The second-order valence-electron chi connectivity index (χ2n) is 15.7. The molecule has 356 valence electrons. The number of allylic oxidation sites excluding steroid dienone is 24. The van der Waals surface area contributed by atoms with Crippen LogP contribution < -0.4 is 0 Å². The number of esters is 3. The van der Waals surface area contributed by atoms with Crippen molar-refractivity contribution < 1.29 is 28.6 Å². The minimum atomic E-state index is -0.850. The van der Waals surface area contributed by atoms with Crippen LogP contribution in [0, 0.1) is 0 Å². The first kappa shape index (κ1) is 59.3. The van der Waals surface area contributed by atoms with Crippen LogP contribution in [-0.2, 0) is 28.6 Å². The summed E-state index contributed by atoms with van der Waals surface area (Å²) >= 11 is 0. The zero-order chi connectivity index (χ0) is 46.5. The minimum absolute atomic E-state index is 0.146. The third-order valence-electron chi connectivity index (χ3n) is 9.69. The first-order valence-corrected chi connectivity index (χ1v) is 24.9. The molecule has 0 aromatic heterocycles. The van der Waals surface area contributed by atoms with Gasteiger partial charge >= 0.3 is 17.9 Å². The normalized spacial score (nSPS) is 13.4. The quantitative estimate of drug-likeness (QED) is 0.0200. The van der Waals surface area contributed by atoms with Crippen LogP contribution >= 0.6 is 0 Å². The number of ether oxygens (including phenoxy) is 3. The van der Waals surface area contributed by atoms with E-state index in [2.05, 4.69) is 112 Å². The molecule has 0 spiro atoms. The third-order valence-corrected chi connectivity index (χ3v) is 9.69. The summed E-state index contributed by atoms with van der Waals surface area (Å²) in [5.41, 5.74) is 0. The van der Waals surface area contributed by atoms with E-state index in [1.807, 2.05) is 54.7 Å². The van der Waals surface area contributed by atoms with E-state index in [4.69, 9.17) is 14.2 Å². The summed E-state index contributed by atoms with van der Waals surface area (Å²) < 4.78 is 16.6. The fourth-order valence-electron chi connectivity index (χ4n) is 6.01. The number of carbonyl (C=O) groups excluding carboxylic acids is 3. The predicted octanol–water partition coefficient (Wildman–Crippen LogP) is 16.5. The van der Waals surface area contributed by atoms with Crippen molar-refractivity contribution in [2.75, 3.05) is 13.2 Å². The fourth-order valence-corrected chi connectivity index (χ4v) is 6.01. The Hall–Kier alpha value is -4.71. The van der Waals surface area contributed by atoms with Gasteiger partial charge in [0.25, 0.3) is 0 Å². The third kappa shape index (κ3) is 48.3. The summed E-state index contributed by atoms with van der Waals surface area (Å²) in [7, 11) is 0. The lowest BCUT2D eigenvalue weighted by Crippen LogP contribution is -2.30. The lowest BCUT2D eigenvalue weighted by molar-refractivity contribution is -0.167. The summed E-state index contributed by atoms with van der Waals surface area (Å²) in [5, 5.41) is 0. The van der Waals surface area contributed by atoms with Crippen molar-refractivity contribution in [1.82, 2.24) is 0 Å². The molecule has 0 fully saturated rings. The van der Waals surface area contributed by atoms with Crippen LogP contribution in [0.25, 0.3) is 0 Å². The van der Waals surface area contributed by atoms with Gasteiger partial charge in [-0.1, -0.05) is 205 Å². The molecule has 0 N–H and O–H groups in total. The van der Waals surface area contributed by atoms with Crippen LogP contribution in [0.1, 0.15) is 181 Å². The highest BCUT2D eigenvalue weighted by molar-refractivity contribution is 5.71. The van der Waals surface area contributed by atoms with Crippen molar-refractivity contribution in [3.05, 3.63) is 146 Å². The van der Waals surface area contributed by atoms with Gasteiger partial charge in [-0.05, 0) is 103 Å². The predicted molar refractivity (Wildman–Crippen MR) is 274 cm³/mol. The van der Waals surface area contributed by atoms with Crippen molar-refractivity contribution >= 4 is 17.9 Å². The molecule has 0 radical (unpaired) electrons. The van der Waals surface area contributed by atoms with E-state index < -0.39 is 6.10 Å². The topological polar surface area (TPSA) is 78.9 Å². The molecule has 1 unspecified atom stereocenters. The summed E-state index contributed by atoms with van der Waals surface area (Å²) in [4.78, 5) is 37.9. The van der Waals surface area contributed by atoms with Crippen molar-refractivity contribution in [1.29, 1.82) is 0 Å². The number of hydrogen-bond donors (Lipinski definition) is 0. The summed E-state index contributed by atoms with van der Waals surface area (Å²) in [6, 6.07) is 0. The van der Waals surface area contributed by atoms with Gasteiger partial charge < -0.3 is 14.2 Å². The highest BCUT2D eigenvalue weighted by Gasteiger charge is 2.19. The van der Waals surface area contributed by atoms with Gasteiger partial charge in [0.2, 0.25) is 0 Å². The van der Waals surface area contributed by atoms with Crippen LogP contribution in [0.15, 0.2) is 146 Å². The van der Waals surface area contributed by atoms with Gasteiger partial charge in [-0.25, -0.2) is 0 Å². The lowest BCUT2D eigenvalue weighted by atomic mass is 10.1. The molecule has 0 aliphatic rings. The van der Waals surface area contributed by atoms with Gasteiger partial charge in [0.05, 0.1) is 0 Å². The molecular weight excluding hydrogens is 793 g/mol. The highest BCUT2D eigenvalue weighted by Crippen LogP contribution is 2.10. The van der Waals surface area contributed by atoms with E-state index in [0.717, 1.165) is 77.0 Å². The van der Waals surface area contributed by atoms with Gasteiger partial charge in [-0.15, -0.1) is 0 Å². The Morgan fingerprint density at radius 1 is 0.344 bits per heavy atom. The Morgan fingerprint density at radius 3 is 1.19 bits per heavy atom. The largest absolute Gasteiger partial charge is 0.462 e. The maximum atomic E-state index is 12.8. The number of hydrogen-bond acceptors (Lipinski definition) is 6. The van der Waals surface area contributed by atoms with Gasteiger partial charge in [0, 0.05) is 19.3 Å². The Kier molecular flexibility index (Phi) is 47.2. The van der Waals surface area contributed by atoms with Crippen LogP contribution in [-0.4, -0.2) is 37.2 Å². The average molecular weight is 881 g/mol. The van der Waals surface area contributed by atoms with Crippen LogP contribution in [0.3, 0.4) is 0 Å². The molecule has 0 aromatic carbocycles. The number of carbonyl (C=O) groups is 3. The second kappa shape index (κ2) is 50.9. The molecular formula is C58H88O6. The highest BCUT2D eigenvalue weighted by atomic mass is 16.6. The summed E-state index contributed by atoms with van der Waals surface area (Å²) in [6.07, 6.45) is 72.7. The molecule has 6 nitrogen and oxygen atoms in total. The zero-order valence-corrected chi connectivity index (χ0v) is 40.5. The molecule has 0 rings (SSSR count). The molecule has 0 amide bonds. The smallest absolute Gasteiger partial charge is 0.306 e. The van der Waals surface area contributed by atoms with Crippen LogP contribution in [0.2, 0.25) is 0 Å². The lowest BCUT2D eigenvalue weighted by Gasteiger charge is -2.18. The van der Waals surface area contributed by atoms with Crippen molar-refractivity contribution in [3.63, 3.8) is 0 Å². The average Bonchev–Trinajstić information content (AvgIpc) is 3.29. The molecule has 0 aliphatic carbocycles. The molecule has 0 aromatic rings. The fraction of sp³-hybridized carbons (Fsp3) is 0.534. The Balaban J connectivity index is 4.65. The van der Waals surface area contributed by atoms with Gasteiger partial charge in [0.15, 0.2) is 6.10 Å². The molecule has 6 heteroatoms. The van der Waals surface area contributed by atoms with Gasteiger partial charge in [-0.2, -0.15) is 0 Å². The zero-order valence-electron chi connectivity index (χ0n) is 40.5. The summed E-state index contributed by atoms with van der Waals surface area (Å²) in [5.74, 6) is -1.12. The molecule has 0 heterocycles. The standard InChI is InChI=1S/C58H88O6/c1-4-7-10-13-16-19-22-25-27-29-31-33-36-39-42-45-48-51-57(60)63-54-55(53-62-56(59)50-47-44-41-38-35-32-24-21-18-15-12-9-6-3)64-58(61)52-49-46-43-40-37-34-30-28-26-23-20-17-14-11-8-5-2/h8-9,11-12,15,17-18,20-21,24-28,31-35,37-39,41-42,55H,4-7,10,13-14,16,19,22-23,29-30,36,40,43-54H2,1-3H3/b11-8-,12-9-,18-15-,20-17-,24-21-,27-25-,28-26-,33-31-,35-32-,37-34-,41-38-,42-39-. The van der Waals surface area contributed by atoms with Crippen molar-refractivity contribution in [2.24, 2.45) is 0 Å². The molecule has 0 saturated heterocycles. The minimum Gasteiger partial charge on any atom is -0.462 e. The second-order valence-corrected chi connectivity index (χ2v) is 15.7. The maximum absolute atomic E-state index is 12.8. The Morgan fingerprint density at radius 2 is 0.703 bits per heavy atom. The van der Waals surface area contributed by atoms with Gasteiger partial charge in [0.1, 0.15) is 13.2 Å².